The van der Waals surface area contributed by atoms with Gasteiger partial charge in [-0.05, 0) is 39.0 Å². The largest absolute Gasteiger partial charge is 0.452 e. The van der Waals surface area contributed by atoms with Crippen LogP contribution in [0.1, 0.15) is 26.3 Å². The molecule has 0 atom stereocenters. The Bertz CT molecular complexity index is 622. The maximum Gasteiger partial charge on any atom is 0.165 e. The molecule has 0 saturated carbocycles. The van der Waals surface area contributed by atoms with Gasteiger partial charge in [0.1, 0.15) is 0 Å². The van der Waals surface area contributed by atoms with Gasteiger partial charge in [-0.15, -0.1) is 0 Å². The quantitative estimate of drug-likeness (QED) is 0.842. The van der Waals surface area contributed by atoms with Gasteiger partial charge in [-0.2, -0.15) is 0 Å². The molecule has 1 N–H and O–H groups in total. The molecule has 0 aliphatic carbocycles. The SMILES string of the molecule is CC(C)(C)NCc1cccc(Cl)c1Oc1ccccc1F. The van der Waals surface area contributed by atoms with Gasteiger partial charge in [-0.1, -0.05) is 35.9 Å². The third kappa shape index (κ3) is 4.45. The Hall–Kier alpha value is -1.58. The predicted octanol–water partition coefficient (Wildman–Crippen LogP) is 5.16. The number of benzene rings is 2. The lowest BCUT2D eigenvalue weighted by Crippen LogP contribution is -2.35. The van der Waals surface area contributed by atoms with E-state index in [2.05, 4.69) is 26.1 Å². The summed E-state index contributed by atoms with van der Waals surface area (Å²) >= 11 is 6.21. The molecule has 2 rings (SSSR count). The molecule has 0 fully saturated rings. The van der Waals surface area contributed by atoms with Crippen LogP contribution in [0.25, 0.3) is 0 Å². The van der Waals surface area contributed by atoms with Crippen LogP contribution in [0, 0.1) is 5.82 Å². The van der Waals surface area contributed by atoms with Gasteiger partial charge in [-0.25, -0.2) is 4.39 Å². The Balaban J connectivity index is 2.28. The Morgan fingerprint density at radius 3 is 2.48 bits per heavy atom. The summed E-state index contributed by atoms with van der Waals surface area (Å²) in [7, 11) is 0. The predicted molar refractivity (Wildman–Crippen MR) is 84.5 cm³/mol. The standard InChI is InChI=1S/C17H19ClFNO/c1-17(2,3)20-11-12-7-6-8-13(18)16(12)21-15-10-5-4-9-14(15)19/h4-10,20H,11H2,1-3H3. The number of hydrogen-bond acceptors (Lipinski definition) is 2. The molecule has 2 nitrogen and oxygen atoms in total. The van der Waals surface area contributed by atoms with E-state index in [0.29, 0.717) is 17.3 Å². The van der Waals surface area contributed by atoms with Crippen LogP contribution in [0.15, 0.2) is 42.5 Å². The lowest BCUT2D eigenvalue weighted by molar-refractivity contribution is 0.407. The monoisotopic (exact) mass is 307 g/mol. The zero-order valence-electron chi connectivity index (χ0n) is 12.4. The van der Waals surface area contributed by atoms with Gasteiger partial charge in [0.25, 0.3) is 0 Å². The van der Waals surface area contributed by atoms with Crippen LogP contribution < -0.4 is 10.1 Å². The number of para-hydroxylation sites is 2. The smallest absolute Gasteiger partial charge is 0.165 e. The van der Waals surface area contributed by atoms with Gasteiger partial charge >= 0.3 is 0 Å². The lowest BCUT2D eigenvalue weighted by Gasteiger charge is -2.22. The molecule has 112 valence electrons. The van der Waals surface area contributed by atoms with Gasteiger partial charge < -0.3 is 10.1 Å². The Morgan fingerprint density at radius 1 is 1.10 bits per heavy atom. The van der Waals surface area contributed by atoms with Crippen molar-refractivity contribution in [3.05, 3.63) is 58.9 Å². The highest BCUT2D eigenvalue weighted by molar-refractivity contribution is 6.32. The number of hydrogen-bond donors (Lipinski definition) is 1. The van der Waals surface area contributed by atoms with Crippen LogP contribution in [0.5, 0.6) is 11.5 Å². The number of nitrogens with one attached hydrogen (secondary N) is 1. The van der Waals surface area contributed by atoms with Crippen LogP contribution >= 0.6 is 11.6 Å². The molecular weight excluding hydrogens is 289 g/mol. The van der Waals surface area contributed by atoms with E-state index < -0.39 is 5.82 Å². The number of rotatable bonds is 4. The molecule has 2 aromatic carbocycles. The first-order valence-corrected chi connectivity index (χ1v) is 7.19. The summed E-state index contributed by atoms with van der Waals surface area (Å²) in [6.07, 6.45) is 0. The van der Waals surface area contributed by atoms with Crippen LogP contribution in [-0.2, 0) is 6.54 Å². The second-order valence-electron chi connectivity index (χ2n) is 5.86. The lowest BCUT2D eigenvalue weighted by atomic mass is 10.1. The van der Waals surface area contributed by atoms with Crippen LogP contribution in [0.2, 0.25) is 5.02 Å². The molecule has 0 aliphatic heterocycles. The highest BCUT2D eigenvalue weighted by Gasteiger charge is 2.14. The summed E-state index contributed by atoms with van der Waals surface area (Å²) in [5.74, 6) is 0.246. The van der Waals surface area contributed by atoms with Crippen LogP contribution in [0.4, 0.5) is 4.39 Å². The van der Waals surface area contributed by atoms with E-state index in [1.54, 1.807) is 24.3 Å². The van der Waals surface area contributed by atoms with E-state index in [0.717, 1.165) is 5.56 Å². The summed E-state index contributed by atoms with van der Waals surface area (Å²) in [6, 6.07) is 11.8. The average Bonchev–Trinajstić information content (AvgIpc) is 2.41. The van der Waals surface area contributed by atoms with E-state index in [4.69, 9.17) is 16.3 Å². The number of halogens is 2. The fraction of sp³-hybridized carbons (Fsp3) is 0.294. The maximum absolute atomic E-state index is 13.7. The first-order chi connectivity index (χ1) is 9.87. The third-order valence-corrected chi connectivity index (χ3v) is 3.20. The zero-order valence-corrected chi connectivity index (χ0v) is 13.2. The molecule has 0 amide bonds. The fourth-order valence-corrected chi connectivity index (χ4v) is 2.04. The molecule has 0 aliphatic rings. The van der Waals surface area contributed by atoms with Crippen molar-refractivity contribution in [3.63, 3.8) is 0 Å². The Kier molecular flexibility index (Phi) is 4.86. The molecule has 0 spiro atoms. The van der Waals surface area contributed by atoms with Gasteiger partial charge in [-0.3, -0.25) is 0 Å². The molecule has 21 heavy (non-hydrogen) atoms. The van der Waals surface area contributed by atoms with Crippen molar-refractivity contribution in [2.24, 2.45) is 0 Å². The van der Waals surface area contributed by atoms with Crippen molar-refractivity contribution < 1.29 is 9.13 Å². The topological polar surface area (TPSA) is 21.3 Å². The number of ether oxygens (including phenoxy) is 1. The van der Waals surface area contributed by atoms with Crippen molar-refractivity contribution in [3.8, 4) is 11.5 Å². The van der Waals surface area contributed by atoms with Crippen molar-refractivity contribution in [1.82, 2.24) is 5.32 Å². The molecule has 0 radical (unpaired) electrons. The average molecular weight is 308 g/mol. The molecule has 4 heteroatoms. The van der Waals surface area contributed by atoms with Crippen molar-refractivity contribution in [2.45, 2.75) is 32.9 Å². The van der Waals surface area contributed by atoms with Gasteiger partial charge in [0.15, 0.2) is 17.3 Å². The van der Waals surface area contributed by atoms with E-state index in [-0.39, 0.29) is 11.3 Å². The van der Waals surface area contributed by atoms with Crippen molar-refractivity contribution in [1.29, 1.82) is 0 Å². The van der Waals surface area contributed by atoms with Crippen LogP contribution in [-0.4, -0.2) is 5.54 Å². The summed E-state index contributed by atoms with van der Waals surface area (Å²) in [4.78, 5) is 0. The highest BCUT2D eigenvalue weighted by atomic mass is 35.5. The normalized spacial score (nSPS) is 11.5. The third-order valence-electron chi connectivity index (χ3n) is 2.91. The summed E-state index contributed by atoms with van der Waals surface area (Å²) in [5.41, 5.74) is 0.859. The van der Waals surface area contributed by atoms with Gasteiger partial charge in [0, 0.05) is 17.6 Å². The minimum atomic E-state index is -0.410. The maximum atomic E-state index is 13.7. The molecule has 0 bridgehead atoms. The molecular formula is C17H19ClFNO. The van der Waals surface area contributed by atoms with E-state index in [9.17, 15) is 4.39 Å². The summed E-state index contributed by atoms with van der Waals surface area (Å²) < 4.78 is 19.4. The highest BCUT2D eigenvalue weighted by Crippen LogP contribution is 2.34. The van der Waals surface area contributed by atoms with E-state index in [1.165, 1.54) is 6.07 Å². The van der Waals surface area contributed by atoms with E-state index in [1.807, 2.05) is 12.1 Å². The molecule has 0 heterocycles. The second-order valence-corrected chi connectivity index (χ2v) is 6.27. The Labute approximate surface area is 129 Å². The second kappa shape index (κ2) is 6.46. The van der Waals surface area contributed by atoms with Crippen molar-refractivity contribution >= 4 is 11.6 Å². The van der Waals surface area contributed by atoms with E-state index >= 15 is 0 Å². The van der Waals surface area contributed by atoms with Gasteiger partial charge in [0.2, 0.25) is 0 Å². The van der Waals surface area contributed by atoms with Crippen molar-refractivity contribution in [2.75, 3.05) is 0 Å². The van der Waals surface area contributed by atoms with Crippen LogP contribution in [0.3, 0.4) is 0 Å². The first kappa shape index (κ1) is 15.8. The zero-order chi connectivity index (χ0) is 15.5. The summed E-state index contributed by atoms with van der Waals surface area (Å²) in [5, 5.41) is 3.84. The fourth-order valence-electron chi connectivity index (χ4n) is 1.80. The molecule has 2 aromatic rings. The van der Waals surface area contributed by atoms with Gasteiger partial charge in [0.05, 0.1) is 5.02 Å². The minimum absolute atomic E-state index is 0.0302. The summed E-state index contributed by atoms with van der Waals surface area (Å²) in [6.45, 7) is 6.83. The molecule has 0 aromatic heterocycles. The minimum Gasteiger partial charge on any atom is -0.452 e. The molecule has 0 unspecified atom stereocenters. The Morgan fingerprint density at radius 2 is 1.81 bits per heavy atom. The molecule has 0 saturated heterocycles. The first-order valence-electron chi connectivity index (χ1n) is 6.81.